The van der Waals surface area contributed by atoms with Gasteiger partial charge >= 0.3 is 0 Å². The van der Waals surface area contributed by atoms with E-state index in [0.29, 0.717) is 5.57 Å². The van der Waals surface area contributed by atoms with Gasteiger partial charge in [-0.3, -0.25) is 9.78 Å². The normalized spacial score (nSPS) is 14.5. The zero-order valence-corrected chi connectivity index (χ0v) is 5.79. The van der Waals surface area contributed by atoms with Gasteiger partial charge in [-0.25, -0.2) is 0 Å². The molecule has 0 radical (unpaired) electrons. The standard InChI is InChI=1S/C8H6N2O/c1-5-6-4-9-3-2-7(6)10-8(5)11/h2-4H,1H2,(H,10,11). The molecule has 0 atom stereocenters. The summed E-state index contributed by atoms with van der Waals surface area (Å²) in [6.45, 7) is 3.62. The van der Waals surface area contributed by atoms with Crippen LogP contribution in [0.3, 0.4) is 0 Å². The van der Waals surface area contributed by atoms with Gasteiger partial charge in [-0.1, -0.05) is 6.58 Å². The monoisotopic (exact) mass is 146 g/mol. The molecular formula is C8H6N2O. The van der Waals surface area contributed by atoms with E-state index in [0.717, 1.165) is 11.3 Å². The molecule has 1 aliphatic rings. The van der Waals surface area contributed by atoms with Crippen molar-refractivity contribution in [3.63, 3.8) is 0 Å². The third-order valence-corrected chi connectivity index (χ3v) is 1.67. The molecule has 0 unspecified atom stereocenters. The Morgan fingerprint density at radius 2 is 2.36 bits per heavy atom. The van der Waals surface area contributed by atoms with Crippen molar-refractivity contribution in [2.24, 2.45) is 0 Å². The van der Waals surface area contributed by atoms with E-state index in [1.54, 1.807) is 18.5 Å². The molecule has 3 nitrogen and oxygen atoms in total. The number of nitrogens with zero attached hydrogens (tertiary/aromatic N) is 1. The van der Waals surface area contributed by atoms with Crippen molar-refractivity contribution < 1.29 is 4.79 Å². The summed E-state index contributed by atoms with van der Waals surface area (Å²) < 4.78 is 0. The highest BCUT2D eigenvalue weighted by Crippen LogP contribution is 2.28. The van der Waals surface area contributed by atoms with Crippen LogP contribution in [0.25, 0.3) is 5.57 Å². The van der Waals surface area contributed by atoms with Crippen LogP contribution in [0, 0.1) is 0 Å². The highest BCUT2D eigenvalue weighted by Gasteiger charge is 2.21. The van der Waals surface area contributed by atoms with Gasteiger partial charge in [0.25, 0.3) is 5.91 Å². The first-order chi connectivity index (χ1) is 5.29. The van der Waals surface area contributed by atoms with Crippen LogP contribution in [0.1, 0.15) is 5.56 Å². The molecule has 0 fully saturated rings. The second kappa shape index (κ2) is 1.92. The van der Waals surface area contributed by atoms with Crippen molar-refractivity contribution in [2.45, 2.75) is 0 Å². The number of nitrogens with one attached hydrogen (secondary N) is 1. The number of fused-ring (bicyclic) bond motifs is 1. The maximum absolute atomic E-state index is 11.0. The molecule has 2 heterocycles. The average Bonchev–Trinajstić information content (AvgIpc) is 2.30. The molecular weight excluding hydrogens is 140 g/mol. The first-order valence-electron chi connectivity index (χ1n) is 3.23. The predicted molar refractivity (Wildman–Crippen MR) is 41.9 cm³/mol. The lowest BCUT2D eigenvalue weighted by Crippen LogP contribution is -2.02. The number of amides is 1. The highest BCUT2D eigenvalue weighted by molar-refractivity contribution is 6.30. The Kier molecular flexibility index (Phi) is 1.06. The third-order valence-electron chi connectivity index (χ3n) is 1.67. The molecule has 0 aliphatic carbocycles. The van der Waals surface area contributed by atoms with Crippen LogP contribution in [0.2, 0.25) is 0 Å². The van der Waals surface area contributed by atoms with Gasteiger partial charge in [-0.2, -0.15) is 0 Å². The van der Waals surface area contributed by atoms with Crippen molar-refractivity contribution >= 4 is 17.2 Å². The van der Waals surface area contributed by atoms with Crippen LogP contribution in [0.4, 0.5) is 5.69 Å². The van der Waals surface area contributed by atoms with Gasteiger partial charge in [0, 0.05) is 23.5 Å². The van der Waals surface area contributed by atoms with Crippen LogP contribution < -0.4 is 5.32 Å². The van der Waals surface area contributed by atoms with Crippen LogP contribution in [-0.4, -0.2) is 10.9 Å². The molecule has 0 saturated heterocycles. The lowest BCUT2D eigenvalue weighted by Gasteiger charge is -1.92. The number of carbonyl (C=O) groups excluding carboxylic acids is 1. The summed E-state index contributed by atoms with van der Waals surface area (Å²) in [5, 5.41) is 2.67. The zero-order chi connectivity index (χ0) is 7.84. The summed E-state index contributed by atoms with van der Waals surface area (Å²) in [6, 6.07) is 1.76. The molecule has 0 aromatic carbocycles. The first-order valence-corrected chi connectivity index (χ1v) is 3.23. The van der Waals surface area contributed by atoms with E-state index in [1.807, 2.05) is 0 Å². The molecule has 0 bridgehead atoms. The smallest absolute Gasteiger partial charge is 0.255 e. The Balaban J connectivity index is 2.64. The van der Waals surface area contributed by atoms with E-state index in [9.17, 15) is 4.79 Å². The van der Waals surface area contributed by atoms with E-state index in [4.69, 9.17) is 0 Å². The molecule has 1 aromatic rings. The van der Waals surface area contributed by atoms with E-state index in [1.165, 1.54) is 0 Å². The van der Waals surface area contributed by atoms with Gasteiger partial charge in [0.2, 0.25) is 0 Å². The second-order valence-electron chi connectivity index (χ2n) is 2.35. The van der Waals surface area contributed by atoms with E-state index >= 15 is 0 Å². The maximum atomic E-state index is 11.0. The van der Waals surface area contributed by atoms with E-state index in [-0.39, 0.29) is 5.91 Å². The van der Waals surface area contributed by atoms with Crippen LogP contribution in [-0.2, 0) is 4.79 Å². The number of carbonyl (C=O) groups is 1. The van der Waals surface area contributed by atoms with E-state index in [2.05, 4.69) is 16.9 Å². The number of hydrogen-bond acceptors (Lipinski definition) is 2. The van der Waals surface area contributed by atoms with Crippen LogP contribution in [0.15, 0.2) is 25.0 Å². The van der Waals surface area contributed by atoms with Gasteiger partial charge < -0.3 is 5.32 Å². The largest absolute Gasteiger partial charge is 0.321 e. The summed E-state index contributed by atoms with van der Waals surface area (Å²) in [6.07, 6.45) is 3.27. The summed E-state index contributed by atoms with van der Waals surface area (Å²) in [5.74, 6) is -0.131. The Morgan fingerprint density at radius 1 is 1.55 bits per heavy atom. The highest BCUT2D eigenvalue weighted by atomic mass is 16.1. The van der Waals surface area contributed by atoms with Crippen molar-refractivity contribution in [3.8, 4) is 0 Å². The fourth-order valence-corrected chi connectivity index (χ4v) is 1.06. The number of aromatic nitrogens is 1. The van der Waals surface area contributed by atoms with Crippen molar-refractivity contribution in [1.82, 2.24) is 4.98 Å². The second-order valence-corrected chi connectivity index (χ2v) is 2.35. The van der Waals surface area contributed by atoms with Gasteiger partial charge in [-0.05, 0) is 6.07 Å². The molecule has 54 valence electrons. The van der Waals surface area contributed by atoms with Gasteiger partial charge in [0.05, 0.1) is 5.69 Å². The van der Waals surface area contributed by atoms with Crippen LogP contribution >= 0.6 is 0 Å². The lowest BCUT2D eigenvalue weighted by atomic mass is 10.1. The van der Waals surface area contributed by atoms with Crippen molar-refractivity contribution in [3.05, 3.63) is 30.6 Å². The topological polar surface area (TPSA) is 42.0 Å². The minimum Gasteiger partial charge on any atom is -0.321 e. The summed E-state index contributed by atoms with van der Waals surface area (Å²) >= 11 is 0. The summed E-state index contributed by atoms with van der Waals surface area (Å²) in [7, 11) is 0. The Labute approximate surface area is 63.8 Å². The van der Waals surface area contributed by atoms with E-state index < -0.39 is 0 Å². The fraction of sp³-hybridized carbons (Fsp3) is 0. The molecule has 1 amide bonds. The quantitative estimate of drug-likeness (QED) is 0.556. The minimum absolute atomic E-state index is 0.131. The summed E-state index contributed by atoms with van der Waals surface area (Å²) in [4.78, 5) is 14.9. The summed E-state index contributed by atoms with van der Waals surface area (Å²) in [5.41, 5.74) is 2.10. The minimum atomic E-state index is -0.131. The van der Waals surface area contributed by atoms with Crippen molar-refractivity contribution in [1.29, 1.82) is 0 Å². The molecule has 1 aromatic heterocycles. The molecule has 1 N–H and O–H groups in total. The molecule has 0 saturated carbocycles. The third kappa shape index (κ3) is 0.741. The van der Waals surface area contributed by atoms with Crippen LogP contribution in [0.5, 0.6) is 0 Å². The number of rotatable bonds is 0. The lowest BCUT2D eigenvalue weighted by molar-refractivity contribution is -0.110. The molecule has 3 heteroatoms. The zero-order valence-electron chi connectivity index (χ0n) is 5.79. The number of hydrogen-bond donors (Lipinski definition) is 1. The molecule has 0 spiro atoms. The van der Waals surface area contributed by atoms with Gasteiger partial charge in [-0.15, -0.1) is 0 Å². The van der Waals surface area contributed by atoms with Gasteiger partial charge in [0.1, 0.15) is 0 Å². The molecule has 2 rings (SSSR count). The SMILES string of the molecule is C=C1C(=O)Nc2ccncc21. The number of anilines is 1. The Bertz CT molecular complexity index is 344. The Hall–Kier alpha value is -1.64. The van der Waals surface area contributed by atoms with Gasteiger partial charge in [0.15, 0.2) is 0 Å². The predicted octanol–water partition coefficient (Wildman–Crippen LogP) is 1.05. The maximum Gasteiger partial charge on any atom is 0.255 e. The molecule has 11 heavy (non-hydrogen) atoms. The number of pyridine rings is 1. The van der Waals surface area contributed by atoms with Crippen molar-refractivity contribution in [2.75, 3.05) is 5.32 Å². The first kappa shape index (κ1) is 6.09. The fourth-order valence-electron chi connectivity index (χ4n) is 1.06. The Morgan fingerprint density at radius 3 is 3.09 bits per heavy atom. The molecule has 1 aliphatic heterocycles. The average molecular weight is 146 g/mol.